The van der Waals surface area contributed by atoms with Crippen molar-refractivity contribution in [3.63, 3.8) is 0 Å². The molecule has 0 aromatic carbocycles. The third-order valence-electron chi connectivity index (χ3n) is 2.88. The third-order valence-corrected chi connectivity index (χ3v) is 2.88. The molecule has 0 heterocycles. The van der Waals surface area contributed by atoms with Crippen LogP contribution in [0.1, 0.15) is 58.3 Å². The predicted molar refractivity (Wildman–Crippen MR) is 83.7 cm³/mol. The van der Waals surface area contributed by atoms with E-state index >= 15 is 0 Å². The van der Waals surface area contributed by atoms with Crippen LogP contribution in [0.25, 0.3) is 0 Å². The van der Waals surface area contributed by atoms with Crippen LogP contribution in [0, 0.1) is 0 Å². The van der Waals surface area contributed by atoms with Crippen molar-refractivity contribution in [2.24, 2.45) is 0 Å². The molecular formula is C17H28O3. The van der Waals surface area contributed by atoms with E-state index in [2.05, 4.69) is 6.92 Å². The maximum absolute atomic E-state index is 10.3. The van der Waals surface area contributed by atoms with Crippen molar-refractivity contribution < 1.29 is 15.0 Å². The van der Waals surface area contributed by atoms with E-state index in [4.69, 9.17) is 5.11 Å². The maximum atomic E-state index is 10.3. The third kappa shape index (κ3) is 14.7. The molecule has 0 radical (unpaired) electrons. The standard InChI is InChI=1S/C17H28O3/c1-2-3-10-13-16(18)14-11-8-6-4-5-7-9-12-15-17(19)20/h5-8,11,14,16,18H,2-4,9-10,12-13,15H2,1H3,(H,19,20)/b7-5?,8-6+,14-11+. The SMILES string of the molecule is CCCCCC(O)/C=C/C=C/CC=CCCCC(=O)O. The lowest BCUT2D eigenvalue weighted by molar-refractivity contribution is -0.137. The first kappa shape index (κ1) is 18.7. The number of aliphatic hydroxyl groups is 1. The minimum Gasteiger partial charge on any atom is -0.481 e. The van der Waals surface area contributed by atoms with Crippen molar-refractivity contribution in [1.29, 1.82) is 0 Å². The van der Waals surface area contributed by atoms with Gasteiger partial charge in [0.1, 0.15) is 0 Å². The highest BCUT2D eigenvalue weighted by Crippen LogP contribution is 2.04. The van der Waals surface area contributed by atoms with Crippen LogP contribution in [-0.4, -0.2) is 22.3 Å². The Bertz CT molecular complexity index is 316. The molecular weight excluding hydrogens is 252 g/mol. The zero-order chi connectivity index (χ0) is 15.1. The summed E-state index contributed by atoms with van der Waals surface area (Å²) < 4.78 is 0. The molecule has 0 spiro atoms. The van der Waals surface area contributed by atoms with Gasteiger partial charge in [-0.05, 0) is 25.7 Å². The monoisotopic (exact) mass is 280 g/mol. The van der Waals surface area contributed by atoms with Crippen molar-refractivity contribution in [2.45, 2.75) is 64.4 Å². The fourth-order valence-corrected chi connectivity index (χ4v) is 1.71. The fourth-order valence-electron chi connectivity index (χ4n) is 1.71. The van der Waals surface area contributed by atoms with Crippen LogP contribution >= 0.6 is 0 Å². The Morgan fingerprint density at radius 3 is 2.60 bits per heavy atom. The Labute approximate surface area is 122 Å². The van der Waals surface area contributed by atoms with Crippen molar-refractivity contribution >= 4 is 5.97 Å². The van der Waals surface area contributed by atoms with Gasteiger partial charge < -0.3 is 10.2 Å². The van der Waals surface area contributed by atoms with Gasteiger partial charge >= 0.3 is 5.97 Å². The van der Waals surface area contributed by atoms with Crippen LogP contribution < -0.4 is 0 Å². The van der Waals surface area contributed by atoms with Gasteiger partial charge in [-0.2, -0.15) is 0 Å². The second-order valence-electron chi connectivity index (χ2n) is 4.87. The summed E-state index contributed by atoms with van der Waals surface area (Å²) in [5.74, 6) is -0.735. The largest absolute Gasteiger partial charge is 0.481 e. The number of carboxylic acids is 1. The van der Waals surface area contributed by atoms with Gasteiger partial charge in [-0.25, -0.2) is 0 Å². The van der Waals surface area contributed by atoms with E-state index in [9.17, 15) is 9.90 Å². The van der Waals surface area contributed by atoms with Crippen LogP contribution in [0.5, 0.6) is 0 Å². The summed E-state index contributed by atoms with van der Waals surface area (Å²) in [5.41, 5.74) is 0. The average Bonchev–Trinajstić information content (AvgIpc) is 2.41. The summed E-state index contributed by atoms with van der Waals surface area (Å²) in [4.78, 5) is 10.3. The molecule has 0 saturated heterocycles. The molecule has 20 heavy (non-hydrogen) atoms. The molecule has 0 bridgehead atoms. The van der Waals surface area contributed by atoms with Gasteiger partial charge in [-0.1, -0.05) is 62.6 Å². The lowest BCUT2D eigenvalue weighted by atomic mass is 10.1. The minimum absolute atomic E-state index is 0.235. The molecule has 2 N–H and O–H groups in total. The molecule has 1 unspecified atom stereocenters. The highest BCUT2D eigenvalue weighted by atomic mass is 16.4. The molecule has 0 aliphatic carbocycles. The second-order valence-corrected chi connectivity index (χ2v) is 4.87. The van der Waals surface area contributed by atoms with E-state index in [1.807, 2.05) is 36.5 Å². The smallest absolute Gasteiger partial charge is 0.303 e. The predicted octanol–water partition coefficient (Wildman–Crippen LogP) is 4.24. The lowest BCUT2D eigenvalue weighted by Crippen LogP contribution is -2.00. The number of allylic oxidation sites excluding steroid dienone is 5. The van der Waals surface area contributed by atoms with Gasteiger partial charge in [0.05, 0.1) is 6.10 Å². The van der Waals surface area contributed by atoms with E-state index in [0.717, 1.165) is 25.7 Å². The summed E-state index contributed by atoms with van der Waals surface area (Å²) in [6.07, 6.45) is 18.2. The summed E-state index contributed by atoms with van der Waals surface area (Å²) in [5, 5.41) is 18.1. The molecule has 0 aromatic heterocycles. The lowest BCUT2D eigenvalue weighted by Gasteiger charge is -2.02. The normalized spacial score (nSPS) is 13.7. The molecule has 0 aromatic rings. The highest BCUT2D eigenvalue weighted by molar-refractivity contribution is 5.66. The Kier molecular flexibility index (Phi) is 13.1. The molecule has 3 heteroatoms. The quantitative estimate of drug-likeness (QED) is 0.319. The van der Waals surface area contributed by atoms with Crippen LogP contribution in [-0.2, 0) is 4.79 Å². The van der Waals surface area contributed by atoms with E-state index in [-0.39, 0.29) is 12.5 Å². The number of aliphatic hydroxyl groups excluding tert-OH is 1. The number of rotatable bonds is 12. The molecule has 0 amide bonds. The number of hydrogen-bond acceptors (Lipinski definition) is 2. The summed E-state index contributed by atoms with van der Waals surface area (Å²) in [6, 6.07) is 0. The molecule has 0 saturated carbocycles. The molecule has 0 fully saturated rings. The summed E-state index contributed by atoms with van der Waals surface area (Å²) in [6.45, 7) is 2.15. The summed E-state index contributed by atoms with van der Waals surface area (Å²) >= 11 is 0. The van der Waals surface area contributed by atoms with Gasteiger partial charge in [0.2, 0.25) is 0 Å². The van der Waals surface area contributed by atoms with E-state index in [1.165, 1.54) is 12.8 Å². The van der Waals surface area contributed by atoms with Crippen molar-refractivity contribution in [3.05, 3.63) is 36.5 Å². The molecule has 3 nitrogen and oxygen atoms in total. The highest BCUT2D eigenvalue weighted by Gasteiger charge is 1.96. The van der Waals surface area contributed by atoms with Crippen molar-refractivity contribution in [2.75, 3.05) is 0 Å². The maximum Gasteiger partial charge on any atom is 0.303 e. The Morgan fingerprint density at radius 1 is 1.10 bits per heavy atom. The Balaban J connectivity index is 3.54. The van der Waals surface area contributed by atoms with Crippen LogP contribution in [0.4, 0.5) is 0 Å². The number of hydrogen-bond donors (Lipinski definition) is 2. The van der Waals surface area contributed by atoms with Gasteiger partial charge in [-0.3, -0.25) is 4.79 Å². The average molecular weight is 280 g/mol. The van der Waals surface area contributed by atoms with E-state index in [0.29, 0.717) is 6.42 Å². The number of carbonyl (C=O) groups is 1. The molecule has 0 aliphatic rings. The number of carboxylic acid groups (broad SMARTS) is 1. The Hall–Kier alpha value is -1.35. The Morgan fingerprint density at radius 2 is 1.90 bits per heavy atom. The van der Waals surface area contributed by atoms with Crippen molar-refractivity contribution in [1.82, 2.24) is 0 Å². The zero-order valence-corrected chi connectivity index (χ0v) is 12.5. The van der Waals surface area contributed by atoms with E-state index < -0.39 is 5.97 Å². The molecule has 0 rings (SSSR count). The first-order valence-corrected chi connectivity index (χ1v) is 7.55. The van der Waals surface area contributed by atoms with Gasteiger partial charge in [-0.15, -0.1) is 0 Å². The van der Waals surface area contributed by atoms with Crippen LogP contribution in [0.15, 0.2) is 36.5 Å². The van der Waals surface area contributed by atoms with Gasteiger partial charge in [0.15, 0.2) is 0 Å². The first-order chi connectivity index (χ1) is 9.66. The fraction of sp³-hybridized carbons (Fsp3) is 0.588. The minimum atomic E-state index is -0.735. The zero-order valence-electron chi connectivity index (χ0n) is 12.5. The number of unbranched alkanes of at least 4 members (excludes halogenated alkanes) is 3. The molecule has 0 aliphatic heterocycles. The molecule has 1 atom stereocenters. The van der Waals surface area contributed by atoms with Crippen molar-refractivity contribution in [3.8, 4) is 0 Å². The first-order valence-electron chi connectivity index (χ1n) is 7.55. The summed E-state index contributed by atoms with van der Waals surface area (Å²) in [7, 11) is 0. The van der Waals surface area contributed by atoms with Crippen LogP contribution in [0.2, 0.25) is 0 Å². The second kappa shape index (κ2) is 14.1. The number of aliphatic carboxylic acids is 1. The molecule has 114 valence electrons. The van der Waals surface area contributed by atoms with E-state index in [1.54, 1.807) is 0 Å². The van der Waals surface area contributed by atoms with Crippen LogP contribution in [0.3, 0.4) is 0 Å². The topological polar surface area (TPSA) is 57.5 Å². The van der Waals surface area contributed by atoms with Gasteiger partial charge in [0.25, 0.3) is 0 Å². The van der Waals surface area contributed by atoms with Gasteiger partial charge in [0, 0.05) is 6.42 Å².